The van der Waals surface area contributed by atoms with Crippen LogP contribution in [0.5, 0.6) is 0 Å². The molecule has 24 heavy (non-hydrogen) atoms. The predicted molar refractivity (Wildman–Crippen MR) is 92.0 cm³/mol. The lowest BCUT2D eigenvalue weighted by atomic mass is 9.52. The third-order valence-electron chi connectivity index (χ3n) is 7.24. The third-order valence-corrected chi connectivity index (χ3v) is 7.24. The Hall–Kier alpha value is -1.38. The average molecular weight is 328 g/mol. The summed E-state index contributed by atoms with van der Waals surface area (Å²) in [5, 5.41) is 0. The molecule has 0 unspecified atom stereocenters. The largest absolute Gasteiger partial charge is 0.469 e. The van der Waals surface area contributed by atoms with Crippen LogP contribution in [0.3, 0.4) is 0 Å². The van der Waals surface area contributed by atoms with Crippen LogP contribution >= 0.6 is 0 Å². The minimum absolute atomic E-state index is 0.0286. The van der Waals surface area contributed by atoms with E-state index in [1.54, 1.807) is 0 Å². The Labute approximate surface area is 144 Å². The molecule has 2 saturated carbocycles. The summed E-state index contributed by atoms with van der Waals surface area (Å²) in [7, 11) is 1.50. The summed E-state index contributed by atoms with van der Waals surface area (Å²) < 4.78 is 5.10. The summed E-state index contributed by atoms with van der Waals surface area (Å²) >= 11 is 0. The molecular formula is C21H28O3. The van der Waals surface area contributed by atoms with Crippen molar-refractivity contribution in [3.05, 3.63) is 24.3 Å². The van der Waals surface area contributed by atoms with Gasteiger partial charge in [-0.15, -0.1) is 0 Å². The number of ketones is 1. The zero-order chi connectivity index (χ0) is 16.8. The number of Topliss-reactive ketones (excluding diaryl/α,β-unsaturated/α-hetero) is 1. The van der Waals surface area contributed by atoms with Crippen molar-refractivity contribution >= 4 is 11.8 Å². The van der Waals surface area contributed by atoms with Gasteiger partial charge in [0.15, 0.2) is 0 Å². The number of carbonyl (C=O) groups is 2. The Morgan fingerprint density at radius 2 is 1.75 bits per heavy atom. The van der Waals surface area contributed by atoms with Crippen LogP contribution < -0.4 is 0 Å². The van der Waals surface area contributed by atoms with Gasteiger partial charge < -0.3 is 4.74 Å². The lowest BCUT2D eigenvalue weighted by Crippen LogP contribution is -2.49. The van der Waals surface area contributed by atoms with Crippen LogP contribution in [0.15, 0.2) is 24.3 Å². The fourth-order valence-corrected chi connectivity index (χ4v) is 6.20. The summed E-state index contributed by atoms with van der Waals surface area (Å²) in [6, 6.07) is 0. The molecule has 0 N–H and O–H groups in total. The highest BCUT2D eigenvalue weighted by Crippen LogP contribution is 2.54. The van der Waals surface area contributed by atoms with E-state index in [1.165, 1.54) is 13.5 Å². The molecule has 2 fully saturated rings. The smallest absolute Gasteiger partial charge is 0.309 e. The van der Waals surface area contributed by atoms with Crippen molar-refractivity contribution in [3.63, 3.8) is 0 Å². The van der Waals surface area contributed by atoms with Gasteiger partial charge in [0.05, 0.1) is 13.0 Å². The zero-order valence-corrected chi connectivity index (χ0v) is 14.7. The lowest BCUT2D eigenvalue weighted by molar-refractivity contribution is -0.152. The fourth-order valence-electron chi connectivity index (χ4n) is 6.20. The fraction of sp³-hybridized carbons (Fsp3) is 0.714. The van der Waals surface area contributed by atoms with Crippen molar-refractivity contribution < 1.29 is 14.3 Å². The standard InChI is InChI=1S/C21H28O3/c1-12-6-8-14-15-9-7-13-4-3-5-18(22)20(13)17(15)11-10-16(14)19(12)21(23)24-2/h6-9,12-17,19-20H,3-5,10-11H2,1-2H3/t12-,13-,14-,15-,16-,17-,19-,20-/m1/s1. The number of allylic oxidation sites excluding steroid dienone is 4. The number of hydrogen-bond donors (Lipinski definition) is 0. The van der Waals surface area contributed by atoms with Gasteiger partial charge in [-0.1, -0.05) is 31.2 Å². The van der Waals surface area contributed by atoms with E-state index in [4.69, 9.17) is 4.74 Å². The SMILES string of the molecule is COC(=O)[C@H]1[C@@H]2CC[C@@H]3[C@H](C=C[C@H]4CCCC(=O)[C@@H]34)[C@H]2C=C[C@H]1C. The predicted octanol–water partition coefficient (Wildman–Crippen LogP) is 3.80. The van der Waals surface area contributed by atoms with E-state index >= 15 is 0 Å². The lowest BCUT2D eigenvalue weighted by Gasteiger charge is -2.51. The molecule has 8 atom stereocenters. The minimum Gasteiger partial charge on any atom is -0.469 e. The first-order valence-corrected chi connectivity index (χ1v) is 9.59. The van der Waals surface area contributed by atoms with Gasteiger partial charge in [0, 0.05) is 12.3 Å². The van der Waals surface area contributed by atoms with Crippen LogP contribution in [-0.2, 0) is 14.3 Å². The van der Waals surface area contributed by atoms with E-state index in [2.05, 4.69) is 31.2 Å². The topological polar surface area (TPSA) is 43.4 Å². The molecule has 4 aliphatic carbocycles. The molecule has 0 saturated heterocycles. The van der Waals surface area contributed by atoms with Gasteiger partial charge in [-0.2, -0.15) is 0 Å². The van der Waals surface area contributed by atoms with E-state index in [1.807, 2.05) is 0 Å². The Bertz CT molecular complexity index is 590. The zero-order valence-electron chi connectivity index (χ0n) is 14.7. The average Bonchev–Trinajstić information content (AvgIpc) is 2.60. The molecule has 0 radical (unpaired) electrons. The molecule has 4 aliphatic rings. The van der Waals surface area contributed by atoms with Crippen LogP contribution in [0.1, 0.15) is 39.0 Å². The van der Waals surface area contributed by atoms with Crippen LogP contribution in [0.25, 0.3) is 0 Å². The molecule has 0 aromatic rings. The Kier molecular flexibility index (Phi) is 4.14. The molecular weight excluding hydrogens is 300 g/mol. The maximum absolute atomic E-state index is 12.6. The summed E-state index contributed by atoms with van der Waals surface area (Å²) in [4.78, 5) is 24.9. The second-order valence-corrected chi connectivity index (χ2v) is 8.29. The summed E-state index contributed by atoms with van der Waals surface area (Å²) in [5.41, 5.74) is 0. The van der Waals surface area contributed by atoms with E-state index in [-0.39, 0.29) is 23.7 Å². The van der Waals surface area contributed by atoms with Gasteiger partial charge in [0.25, 0.3) is 0 Å². The normalized spacial score (nSPS) is 46.7. The van der Waals surface area contributed by atoms with Crippen molar-refractivity contribution in [1.82, 2.24) is 0 Å². The Morgan fingerprint density at radius 3 is 2.54 bits per heavy atom. The number of carbonyl (C=O) groups excluding carboxylic acids is 2. The van der Waals surface area contributed by atoms with Crippen LogP contribution in [0, 0.1) is 47.3 Å². The number of esters is 1. The minimum atomic E-state index is -0.0632. The van der Waals surface area contributed by atoms with Crippen LogP contribution in [-0.4, -0.2) is 18.9 Å². The first-order chi connectivity index (χ1) is 11.6. The molecule has 0 aromatic carbocycles. The van der Waals surface area contributed by atoms with Gasteiger partial charge >= 0.3 is 5.97 Å². The first-order valence-electron chi connectivity index (χ1n) is 9.59. The first kappa shape index (κ1) is 16.1. The van der Waals surface area contributed by atoms with Gasteiger partial charge in [-0.05, 0) is 61.2 Å². The van der Waals surface area contributed by atoms with Crippen LogP contribution in [0.2, 0.25) is 0 Å². The van der Waals surface area contributed by atoms with Gasteiger partial charge in [0.2, 0.25) is 0 Å². The monoisotopic (exact) mass is 328 g/mol. The molecule has 0 amide bonds. The van der Waals surface area contributed by atoms with E-state index in [0.29, 0.717) is 35.4 Å². The Balaban J connectivity index is 1.65. The summed E-state index contributed by atoms with van der Waals surface area (Å²) in [6.07, 6.45) is 14.4. The third kappa shape index (κ3) is 2.39. The number of methoxy groups -OCH3 is 1. The second kappa shape index (κ2) is 6.16. The molecule has 0 heterocycles. The maximum Gasteiger partial charge on any atom is 0.309 e. The highest BCUT2D eigenvalue weighted by Gasteiger charge is 2.51. The van der Waals surface area contributed by atoms with Crippen molar-refractivity contribution in [2.75, 3.05) is 7.11 Å². The molecule has 130 valence electrons. The number of hydrogen-bond acceptors (Lipinski definition) is 3. The number of ether oxygens (including phenoxy) is 1. The quantitative estimate of drug-likeness (QED) is 0.543. The molecule has 4 rings (SSSR count). The van der Waals surface area contributed by atoms with E-state index in [0.717, 1.165) is 25.7 Å². The summed E-state index contributed by atoms with van der Waals surface area (Å²) in [6.45, 7) is 2.12. The number of rotatable bonds is 1. The van der Waals surface area contributed by atoms with Crippen molar-refractivity contribution in [3.8, 4) is 0 Å². The van der Waals surface area contributed by atoms with Gasteiger partial charge in [-0.25, -0.2) is 0 Å². The number of fused-ring (bicyclic) bond motifs is 5. The van der Waals surface area contributed by atoms with Gasteiger partial charge in [-0.3, -0.25) is 9.59 Å². The summed E-state index contributed by atoms with van der Waals surface area (Å²) in [5.74, 6) is 2.98. The highest BCUT2D eigenvalue weighted by atomic mass is 16.5. The molecule has 0 spiro atoms. The van der Waals surface area contributed by atoms with E-state index in [9.17, 15) is 9.59 Å². The Morgan fingerprint density at radius 1 is 1.04 bits per heavy atom. The van der Waals surface area contributed by atoms with Gasteiger partial charge in [0.1, 0.15) is 5.78 Å². The second-order valence-electron chi connectivity index (χ2n) is 8.29. The van der Waals surface area contributed by atoms with Crippen molar-refractivity contribution in [2.45, 2.75) is 39.0 Å². The van der Waals surface area contributed by atoms with E-state index < -0.39 is 0 Å². The molecule has 0 aromatic heterocycles. The van der Waals surface area contributed by atoms with Crippen LogP contribution in [0.4, 0.5) is 0 Å². The van der Waals surface area contributed by atoms with Crippen molar-refractivity contribution in [1.29, 1.82) is 0 Å². The maximum atomic E-state index is 12.6. The molecule has 3 heteroatoms. The molecule has 0 aliphatic heterocycles. The molecule has 0 bridgehead atoms. The molecule has 3 nitrogen and oxygen atoms in total. The highest BCUT2D eigenvalue weighted by molar-refractivity contribution is 5.83. The van der Waals surface area contributed by atoms with Crippen molar-refractivity contribution in [2.24, 2.45) is 47.3 Å².